The first-order valence-corrected chi connectivity index (χ1v) is 7.36. The van der Waals surface area contributed by atoms with Crippen molar-refractivity contribution in [1.29, 1.82) is 0 Å². The highest BCUT2D eigenvalue weighted by Crippen LogP contribution is 2.29. The number of hydrogen-bond donors (Lipinski definition) is 1. The molecule has 1 N–H and O–H groups in total. The van der Waals surface area contributed by atoms with Crippen LogP contribution in [0.25, 0.3) is 0 Å². The zero-order chi connectivity index (χ0) is 15.4. The van der Waals surface area contributed by atoms with E-state index in [0.29, 0.717) is 11.8 Å². The lowest BCUT2D eigenvalue weighted by Crippen LogP contribution is -2.02. The zero-order valence-corrected chi connectivity index (χ0v) is 13.4. The number of hydrogen-bond acceptors (Lipinski definition) is 4. The summed E-state index contributed by atoms with van der Waals surface area (Å²) >= 11 is 0. The van der Waals surface area contributed by atoms with Gasteiger partial charge in [0.15, 0.2) is 0 Å². The summed E-state index contributed by atoms with van der Waals surface area (Å²) in [5, 5.41) is 3.08. The summed E-state index contributed by atoms with van der Waals surface area (Å²) in [7, 11) is 1.85. The molecule has 4 heteroatoms. The second-order valence-corrected chi connectivity index (χ2v) is 5.38. The van der Waals surface area contributed by atoms with Crippen LogP contribution < -0.4 is 10.1 Å². The van der Waals surface area contributed by atoms with E-state index in [2.05, 4.69) is 55.1 Å². The Morgan fingerprint density at radius 3 is 2.57 bits per heavy atom. The molecule has 0 aliphatic heterocycles. The molecule has 0 aliphatic carbocycles. The SMILES string of the molecule is CCc1c(NC)ncnc1Oc1ccc(C(C)C)c(C)c1. The molecule has 1 heterocycles. The molecule has 4 nitrogen and oxygen atoms in total. The van der Waals surface area contributed by atoms with Crippen LogP contribution in [0.3, 0.4) is 0 Å². The van der Waals surface area contributed by atoms with Crippen LogP contribution in [0.5, 0.6) is 11.6 Å². The monoisotopic (exact) mass is 285 g/mol. The summed E-state index contributed by atoms with van der Waals surface area (Å²) < 4.78 is 5.97. The predicted octanol–water partition coefficient (Wildman–Crippen LogP) is 4.30. The molecule has 1 aromatic heterocycles. The Morgan fingerprint density at radius 1 is 1.24 bits per heavy atom. The van der Waals surface area contributed by atoms with E-state index in [4.69, 9.17) is 4.74 Å². The fraction of sp³-hybridized carbons (Fsp3) is 0.412. The maximum Gasteiger partial charge on any atom is 0.227 e. The van der Waals surface area contributed by atoms with E-state index in [-0.39, 0.29) is 0 Å². The lowest BCUT2D eigenvalue weighted by molar-refractivity contribution is 0.455. The van der Waals surface area contributed by atoms with Gasteiger partial charge in [-0.25, -0.2) is 9.97 Å². The molecule has 0 bridgehead atoms. The Hall–Kier alpha value is -2.10. The molecule has 0 saturated carbocycles. The van der Waals surface area contributed by atoms with Gasteiger partial charge < -0.3 is 10.1 Å². The van der Waals surface area contributed by atoms with E-state index in [9.17, 15) is 0 Å². The number of aryl methyl sites for hydroxylation is 1. The van der Waals surface area contributed by atoms with Gasteiger partial charge in [-0.05, 0) is 42.5 Å². The lowest BCUT2D eigenvalue weighted by Gasteiger charge is -2.14. The van der Waals surface area contributed by atoms with Crippen LogP contribution in [0.15, 0.2) is 24.5 Å². The minimum absolute atomic E-state index is 0.514. The lowest BCUT2D eigenvalue weighted by atomic mass is 9.98. The van der Waals surface area contributed by atoms with Crippen molar-refractivity contribution in [3.8, 4) is 11.6 Å². The largest absolute Gasteiger partial charge is 0.439 e. The van der Waals surface area contributed by atoms with Gasteiger partial charge in [-0.1, -0.05) is 26.8 Å². The normalized spacial score (nSPS) is 10.8. The van der Waals surface area contributed by atoms with E-state index < -0.39 is 0 Å². The first kappa shape index (κ1) is 15.3. The van der Waals surface area contributed by atoms with Crippen LogP contribution in [0.4, 0.5) is 5.82 Å². The number of rotatable bonds is 5. The molecule has 0 aliphatic rings. The van der Waals surface area contributed by atoms with Crippen LogP contribution in [-0.4, -0.2) is 17.0 Å². The molecule has 21 heavy (non-hydrogen) atoms. The standard InChI is InChI=1S/C17H23N3O/c1-6-14-16(18-5)19-10-20-17(14)21-13-7-8-15(11(2)3)12(4)9-13/h7-11H,6H2,1-5H3,(H,18,19,20). The van der Waals surface area contributed by atoms with Gasteiger partial charge in [-0.15, -0.1) is 0 Å². The van der Waals surface area contributed by atoms with E-state index >= 15 is 0 Å². The smallest absolute Gasteiger partial charge is 0.227 e. The van der Waals surface area contributed by atoms with Crippen LogP contribution in [0.1, 0.15) is 43.4 Å². The van der Waals surface area contributed by atoms with Crippen LogP contribution in [0.2, 0.25) is 0 Å². The quantitative estimate of drug-likeness (QED) is 0.889. The van der Waals surface area contributed by atoms with Crippen molar-refractivity contribution in [3.05, 3.63) is 41.2 Å². The minimum Gasteiger partial charge on any atom is -0.439 e. The first-order chi connectivity index (χ1) is 10.1. The molecule has 1 aromatic carbocycles. The molecular weight excluding hydrogens is 262 g/mol. The van der Waals surface area contributed by atoms with Crippen LogP contribution >= 0.6 is 0 Å². The van der Waals surface area contributed by atoms with Crippen molar-refractivity contribution >= 4 is 5.82 Å². The van der Waals surface area contributed by atoms with Gasteiger partial charge in [-0.3, -0.25) is 0 Å². The second-order valence-electron chi connectivity index (χ2n) is 5.38. The third-order valence-corrected chi connectivity index (χ3v) is 3.57. The fourth-order valence-electron chi connectivity index (χ4n) is 2.49. The van der Waals surface area contributed by atoms with Gasteiger partial charge in [0.2, 0.25) is 5.88 Å². The number of benzene rings is 1. The summed E-state index contributed by atoms with van der Waals surface area (Å²) in [4.78, 5) is 8.49. The average molecular weight is 285 g/mol. The molecule has 0 saturated heterocycles. The first-order valence-electron chi connectivity index (χ1n) is 7.36. The highest BCUT2D eigenvalue weighted by molar-refractivity contribution is 5.49. The van der Waals surface area contributed by atoms with Gasteiger partial charge in [-0.2, -0.15) is 0 Å². The summed E-state index contributed by atoms with van der Waals surface area (Å²) in [5.41, 5.74) is 3.57. The predicted molar refractivity (Wildman–Crippen MR) is 86.3 cm³/mol. The van der Waals surface area contributed by atoms with Crippen molar-refractivity contribution in [2.75, 3.05) is 12.4 Å². The highest BCUT2D eigenvalue weighted by Gasteiger charge is 2.12. The molecule has 2 aromatic rings. The van der Waals surface area contributed by atoms with E-state index in [1.54, 1.807) is 0 Å². The number of anilines is 1. The zero-order valence-electron chi connectivity index (χ0n) is 13.4. The van der Waals surface area contributed by atoms with Crippen molar-refractivity contribution in [3.63, 3.8) is 0 Å². The Bertz CT molecular complexity index is 623. The van der Waals surface area contributed by atoms with Crippen molar-refractivity contribution in [1.82, 2.24) is 9.97 Å². The van der Waals surface area contributed by atoms with Gasteiger partial charge >= 0.3 is 0 Å². The van der Waals surface area contributed by atoms with Gasteiger partial charge in [0.1, 0.15) is 17.9 Å². The molecule has 0 amide bonds. The number of ether oxygens (including phenoxy) is 1. The van der Waals surface area contributed by atoms with Crippen molar-refractivity contribution in [2.45, 2.75) is 40.0 Å². The Labute approximate surface area is 126 Å². The molecule has 112 valence electrons. The third-order valence-electron chi connectivity index (χ3n) is 3.57. The Morgan fingerprint density at radius 2 is 2.00 bits per heavy atom. The minimum atomic E-state index is 0.514. The van der Waals surface area contributed by atoms with E-state index in [1.807, 2.05) is 13.1 Å². The van der Waals surface area contributed by atoms with Crippen molar-refractivity contribution in [2.24, 2.45) is 0 Å². The molecule has 0 spiro atoms. The Kier molecular flexibility index (Phi) is 4.78. The summed E-state index contributed by atoms with van der Waals surface area (Å²) in [6.07, 6.45) is 2.34. The van der Waals surface area contributed by atoms with Gasteiger partial charge in [0.25, 0.3) is 0 Å². The topological polar surface area (TPSA) is 47.0 Å². The van der Waals surface area contributed by atoms with E-state index in [1.165, 1.54) is 17.5 Å². The second kappa shape index (κ2) is 6.57. The summed E-state index contributed by atoms with van der Waals surface area (Å²) in [5.74, 6) is 2.76. The Balaban J connectivity index is 2.32. The van der Waals surface area contributed by atoms with Crippen LogP contribution in [-0.2, 0) is 6.42 Å². The highest BCUT2D eigenvalue weighted by atomic mass is 16.5. The van der Waals surface area contributed by atoms with Gasteiger partial charge in [0, 0.05) is 7.05 Å². The molecule has 0 radical (unpaired) electrons. The molecule has 2 rings (SSSR count). The average Bonchev–Trinajstić information content (AvgIpc) is 2.46. The van der Waals surface area contributed by atoms with Gasteiger partial charge in [0.05, 0.1) is 5.56 Å². The molecule has 0 atom stereocenters. The van der Waals surface area contributed by atoms with Crippen LogP contribution in [0, 0.1) is 6.92 Å². The molecule has 0 fully saturated rings. The summed E-state index contributed by atoms with van der Waals surface area (Å²) in [6, 6.07) is 6.19. The summed E-state index contributed by atoms with van der Waals surface area (Å²) in [6.45, 7) is 8.57. The molecular formula is C17H23N3O. The number of nitrogens with zero attached hydrogens (tertiary/aromatic N) is 2. The maximum atomic E-state index is 5.97. The number of nitrogens with one attached hydrogen (secondary N) is 1. The number of aromatic nitrogens is 2. The van der Waals surface area contributed by atoms with Crippen molar-refractivity contribution < 1.29 is 4.74 Å². The maximum absolute atomic E-state index is 5.97. The third kappa shape index (κ3) is 3.32. The fourth-order valence-corrected chi connectivity index (χ4v) is 2.49. The van der Waals surface area contributed by atoms with E-state index in [0.717, 1.165) is 23.6 Å². The molecule has 0 unspecified atom stereocenters.